The predicted molar refractivity (Wildman–Crippen MR) is 219 cm³/mol. The van der Waals surface area contributed by atoms with Gasteiger partial charge in [-0.25, -0.2) is 18.2 Å². The van der Waals surface area contributed by atoms with Gasteiger partial charge in [-0.15, -0.1) is 17.9 Å². The summed E-state index contributed by atoms with van der Waals surface area (Å²) >= 11 is 1.30. The first-order valence-corrected chi connectivity index (χ1v) is 21.6. The highest BCUT2D eigenvalue weighted by molar-refractivity contribution is 7.91. The van der Waals surface area contributed by atoms with Crippen molar-refractivity contribution < 1.29 is 46.6 Å². The number of hydrogen-bond donors (Lipinski definition) is 3. The maximum atomic E-state index is 14.6. The van der Waals surface area contributed by atoms with Crippen LogP contribution in [0.3, 0.4) is 0 Å². The number of rotatable bonds is 15. The van der Waals surface area contributed by atoms with Gasteiger partial charge in [0, 0.05) is 23.4 Å². The van der Waals surface area contributed by atoms with E-state index >= 15 is 0 Å². The van der Waals surface area contributed by atoms with Gasteiger partial charge in [0.2, 0.25) is 33.5 Å². The number of fused-ring (bicyclic) bond motifs is 1. The standard InChI is InChI=1S/C41H53N5O10S2/c1-10-19-41(9,37(50)45-58(52,53)25-14-15-25)44-34(48)28-22-24(23-46(28)36(49)33(39(3,4)5)43-38(51)56-40(6,7)8)55-35-27-16-17-29(54-11-2)31(26(27)18-20-42-35)32(47)30-13-12-21-57-30/h10,12-13,16-18,20-21,24-25,28,33H,1,11,14-15,19,22-23H2,2-9H3,(H,43,51)(H,44,48)(H,45,50)/t24-,28-,33-,41+/m1/s1. The lowest BCUT2D eigenvalue weighted by Gasteiger charge is -2.36. The molecule has 0 unspecified atom stereocenters. The van der Waals surface area contributed by atoms with Crippen molar-refractivity contribution in [3.8, 4) is 11.6 Å². The quantitative estimate of drug-likeness (QED) is 0.133. The Balaban J connectivity index is 1.51. The number of aromatic nitrogens is 1. The first-order chi connectivity index (χ1) is 27.1. The van der Waals surface area contributed by atoms with Crippen LogP contribution in [-0.4, -0.2) is 95.6 Å². The van der Waals surface area contributed by atoms with Crippen LogP contribution in [0, 0.1) is 5.41 Å². The molecule has 1 saturated carbocycles. The molecule has 5 rings (SSSR count). The zero-order valence-corrected chi connectivity index (χ0v) is 35.8. The molecule has 0 bridgehead atoms. The Bertz CT molecular complexity index is 2170. The average molecular weight is 840 g/mol. The molecule has 314 valence electrons. The molecule has 3 heterocycles. The number of pyridine rings is 1. The number of hydrogen-bond acceptors (Lipinski definition) is 12. The maximum Gasteiger partial charge on any atom is 0.408 e. The summed E-state index contributed by atoms with van der Waals surface area (Å²) in [7, 11) is -3.97. The van der Waals surface area contributed by atoms with Crippen LogP contribution in [0.4, 0.5) is 4.79 Å². The molecular formula is C41H53N5O10S2. The summed E-state index contributed by atoms with van der Waals surface area (Å²) in [5, 5.41) is 7.52. The van der Waals surface area contributed by atoms with Crippen molar-refractivity contribution in [3.63, 3.8) is 0 Å². The number of amides is 4. The minimum atomic E-state index is -3.97. The van der Waals surface area contributed by atoms with Crippen LogP contribution in [0.2, 0.25) is 0 Å². The van der Waals surface area contributed by atoms with Crippen LogP contribution < -0.4 is 24.8 Å². The monoisotopic (exact) mass is 839 g/mol. The van der Waals surface area contributed by atoms with Gasteiger partial charge in [0.25, 0.3) is 5.91 Å². The number of sulfonamides is 1. The van der Waals surface area contributed by atoms with Crippen molar-refractivity contribution in [3.05, 3.63) is 65.0 Å². The molecule has 17 heteroatoms. The number of ether oxygens (including phenoxy) is 3. The van der Waals surface area contributed by atoms with Gasteiger partial charge in [-0.05, 0) is 88.9 Å². The van der Waals surface area contributed by atoms with Gasteiger partial charge in [-0.2, -0.15) is 0 Å². The second kappa shape index (κ2) is 17.1. The largest absolute Gasteiger partial charge is 0.493 e. The number of thiophene rings is 1. The van der Waals surface area contributed by atoms with Crippen LogP contribution in [0.5, 0.6) is 11.6 Å². The number of alkyl carbamates (subject to hydrolysis) is 1. The lowest BCUT2D eigenvalue weighted by atomic mass is 9.85. The highest BCUT2D eigenvalue weighted by atomic mass is 32.2. The van der Waals surface area contributed by atoms with Crippen LogP contribution >= 0.6 is 11.3 Å². The molecule has 3 aromatic rings. The second-order valence-corrected chi connectivity index (χ2v) is 19.7. The van der Waals surface area contributed by atoms with E-state index in [1.165, 1.54) is 35.4 Å². The van der Waals surface area contributed by atoms with Gasteiger partial charge >= 0.3 is 6.09 Å². The molecule has 4 atom stereocenters. The van der Waals surface area contributed by atoms with Crippen molar-refractivity contribution in [2.24, 2.45) is 5.41 Å². The normalized spacial score (nSPS) is 18.7. The molecule has 58 heavy (non-hydrogen) atoms. The zero-order chi connectivity index (χ0) is 42.8. The summed E-state index contributed by atoms with van der Waals surface area (Å²) in [6, 6.07) is 6.18. The third kappa shape index (κ3) is 10.2. The van der Waals surface area contributed by atoms with E-state index in [0.29, 0.717) is 46.4 Å². The Hall–Kier alpha value is -5.03. The molecule has 2 fully saturated rings. The van der Waals surface area contributed by atoms with Crippen molar-refractivity contribution >= 4 is 61.7 Å². The molecule has 4 amide bonds. The van der Waals surface area contributed by atoms with E-state index in [9.17, 15) is 32.4 Å². The van der Waals surface area contributed by atoms with E-state index in [2.05, 4.69) is 26.9 Å². The lowest BCUT2D eigenvalue weighted by Crippen LogP contribution is -2.62. The Morgan fingerprint density at radius 3 is 2.33 bits per heavy atom. The fourth-order valence-electron chi connectivity index (χ4n) is 6.66. The molecule has 0 radical (unpaired) electrons. The van der Waals surface area contributed by atoms with Crippen molar-refractivity contribution in [2.45, 2.75) is 116 Å². The molecule has 0 spiro atoms. The van der Waals surface area contributed by atoms with Crippen LogP contribution in [-0.2, 0) is 29.1 Å². The second-order valence-electron chi connectivity index (χ2n) is 16.8. The molecule has 3 N–H and O–H groups in total. The molecule has 1 aromatic carbocycles. The smallest absolute Gasteiger partial charge is 0.408 e. The lowest BCUT2D eigenvalue weighted by molar-refractivity contribution is -0.143. The number of benzene rings is 1. The Kier molecular flexibility index (Phi) is 13.0. The number of carbonyl (C=O) groups is 5. The molecule has 2 aliphatic rings. The van der Waals surface area contributed by atoms with Gasteiger partial charge in [0.1, 0.15) is 35.1 Å². The highest BCUT2D eigenvalue weighted by Gasteiger charge is 2.49. The van der Waals surface area contributed by atoms with E-state index < -0.39 is 73.8 Å². The van der Waals surface area contributed by atoms with Gasteiger partial charge in [0.15, 0.2) is 0 Å². The van der Waals surface area contributed by atoms with E-state index in [0.717, 1.165) is 0 Å². The Labute approximate surface area is 343 Å². The maximum absolute atomic E-state index is 14.6. The van der Waals surface area contributed by atoms with Gasteiger partial charge < -0.3 is 29.7 Å². The van der Waals surface area contributed by atoms with Gasteiger partial charge in [-0.3, -0.25) is 23.9 Å². The molecular weight excluding hydrogens is 787 g/mol. The van der Waals surface area contributed by atoms with E-state index in [-0.39, 0.29) is 31.0 Å². The average Bonchev–Trinajstić information content (AvgIpc) is 3.69. The van der Waals surface area contributed by atoms with Gasteiger partial charge in [0.05, 0.1) is 28.8 Å². The summed E-state index contributed by atoms with van der Waals surface area (Å²) < 4.78 is 45.4. The molecule has 2 aromatic heterocycles. The summed E-state index contributed by atoms with van der Waals surface area (Å²) in [6.45, 7) is 17.4. The highest BCUT2D eigenvalue weighted by Crippen LogP contribution is 2.37. The minimum absolute atomic E-state index is 0.0802. The number of nitrogens with zero attached hydrogens (tertiary/aromatic N) is 2. The predicted octanol–water partition coefficient (Wildman–Crippen LogP) is 5.27. The molecule has 1 aliphatic heterocycles. The van der Waals surface area contributed by atoms with Crippen LogP contribution in [0.15, 0.2) is 54.6 Å². The van der Waals surface area contributed by atoms with Crippen molar-refractivity contribution in [1.29, 1.82) is 0 Å². The fraction of sp³-hybridized carbons (Fsp3) is 0.512. The minimum Gasteiger partial charge on any atom is -0.493 e. The topological polar surface area (TPSA) is 199 Å². The fourth-order valence-corrected chi connectivity index (χ4v) is 8.74. The van der Waals surface area contributed by atoms with Gasteiger partial charge in [-0.1, -0.05) is 32.9 Å². The third-order valence-electron chi connectivity index (χ3n) is 9.69. The van der Waals surface area contributed by atoms with E-state index in [4.69, 9.17) is 14.2 Å². The Morgan fingerprint density at radius 1 is 1.03 bits per heavy atom. The van der Waals surface area contributed by atoms with Crippen LogP contribution in [0.1, 0.15) is 96.3 Å². The summed E-state index contributed by atoms with van der Waals surface area (Å²) in [5.74, 6) is -2.04. The summed E-state index contributed by atoms with van der Waals surface area (Å²) in [5.41, 5.74) is -3.17. The Morgan fingerprint density at radius 2 is 1.74 bits per heavy atom. The molecule has 1 aliphatic carbocycles. The van der Waals surface area contributed by atoms with Crippen molar-refractivity contribution in [2.75, 3.05) is 13.2 Å². The number of carbonyl (C=O) groups excluding carboxylic acids is 5. The first kappa shape index (κ1) is 44.1. The molecule has 1 saturated heterocycles. The van der Waals surface area contributed by atoms with Crippen LogP contribution in [0.25, 0.3) is 10.8 Å². The SMILES string of the molecule is C=CC[C@](C)(NC(=O)[C@H]1C[C@@H](Oc2nccc3c(C(=O)c4cccs4)c(OCC)ccc23)CN1C(=O)[C@@H](NC(=O)OC(C)(C)C)C(C)(C)C)C(=O)NS(=O)(=O)C1CC1. The number of nitrogens with one attached hydrogen (secondary N) is 3. The summed E-state index contributed by atoms with van der Waals surface area (Å²) in [4.78, 5) is 75.7. The third-order valence-corrected chi connectivity index (χ3v) is 12.4. The van der Waals surface area contributed by atoms with Crippen molar-refractivity contribution in [1.82, 2.24) is 25.2 Å². The van der Waals surface area contributed by atoms with E-state index in [1.54, 1.807) is 71.9 Å². The molecule has 15 nitrogen and oxygen atoms in total. The zero-order valence-electron chi connectivity index (χ0n) is 34.2. The van der Waals surface area contributed by atoms with E-state index in [1.807, 2.05) is 12.3 Å². The number of likely N-dealkylation sites (tertiary alicyclic amines) is 1. The number of ketones is 1. The first-order valence-electron chi connectivity index (χ1n) is 19.2. The summed E-state index contributed by atoms with van der Waals surface area (Å²) in [6.07, 6.45) is 1.83.